The lowest BCUT2D eigenvalue weighted by Gasteiger charge is -2.19. The number of carbonyl (C=O) groups is 1. The first-order valence-electron chi connectivity index (χ1n) is 7.20. The SMILES string of the molecule is CC[C@H](NC(=O)c1c[nH]c(C)cc1=O)c1ccccc1OC. The van der Waals surface area contributed by atoms with Gasteiger partial charge < -0.3 is 15.0 Å². The molecule has 1 aromatic carbocycles. The Labute approximate surface area is 129 Å². The van der Waals surface area contributed by atoms with Gasteiger partial charge in [0.05, 0.1) is 13.2 Å². The Morgan fingerprint density at radius 3 is 2.73 bits per heavy atom. The molecule has 2 aromatic rings. The van der Waals surface area contributed by atoms with Crippen LogP contribution in [0, 0.1) is 6.92 Å². The summed E-state index contributed by atoms with van der Waals surface area (Å²) < 4.78 is 5.34. The number of rotatable bonds is 5. The van der Waals surface area contributed by atoms with E-state index in [0.29, 0.717) is 12.2 Å². The molecule has 0 saturated heterocycles. The summed E-state index contributed by atoms with van der Waals surface area (Å²) in [4.78, 5) is 27.1. The second-order valence-electron chi connectivity index (χ2n) is 5.07. The first kappa shape index (κ1) is 15.8. The van der Waals surface area contributed by atoms with Gasteiger partial charge in [-0.1, -0.05) is 25.1 Å². The number of hydrogen-bond acceptors (Lipinski definition) is 3. The van der Waals surface area contributed by atoms with Gasteiger partial charge in [0.1, 0.15) is 11.3 Å². The number of para-hydroxylation sites is 1. The molecular weight excluding hydrogens is 280 g/mol. The van der Waals surface area contributed by atoms with Crippen LogP contribution in [0.1, 0.15) is 41.0 Å². The zero-order chi connectivity index (χ0) is 16.1. The van der Waals surface area contributed by atoms with Crippen molar-refractivity contribution < 1.29 is 9.53 Å². The Hall–Kier alpha value is -2.56. The van der Waals surface area contributed by atoms with Crippen molar-refractivity contribution in [2.24, 2.45) is 0 Å². The van der Waals surface area contributed by atoms with E-state index in [9.17, 15) is 9.59 Å². The summed E-state index contributed by atoms with van der Waals surface area (Å²) in [5.74, 6) is 0.325. The molecule has 0 aliphatic rings. The molecular formula is C17H20N2O3. The van der Waals surface area contributed by atoms with Crippen LogP contribution in [-0.2, 0) is 0 Å². The summed E-state index contributed by atoms with van der Waals surface area (Å²) in [5, 5.41) is 2.90. The summed E-state index contributed by atoms with van der Waals surface area (Å²) in [5.41, 5.74) is 1.44. The number of hydrogen-bond donors (Lipinski definition) is 2. The Kier molecular flexibility index (Phi) is 4.99. The second-order valence-corrected chi connectivity index (χ2v) is 5.07. The molecule has 1 atom stereocenters. The van der Waals surface area contributed by atoms with Crippen molar-refractivity contribution >= 4 is 5.91 Å². The lowest BCUT2D eigenvalue weighted by atomic mass is 10.0. The second kappa shape index (κ2) is 6.93. The molecule has 0 aliphatic carbocycles. The maximum absolute atomic E-state index is 12.3. The van der Waals surface area contributed by atoms with Crippen LogP contribution in [0.3, 0.4) is 0 Å². The molecule has 5 heteroatoms. The molecule has 22 heavy (non-hydrogen) atoms. The van der Waals surface area contributed by atoms with Crippen LogP contribution in [0.15, 0.2) is 41.3 Å². The number of amides is 1. The third kappa shape index (κ3) is 3.36. The summed E-state index contributed by atoms with van der Waals surface area (Å²) in [6.45, 7) is 3.74. The van der Waals surface area contributed by atoms with E-state index in [1.807, 2.05) is 31.2 Å². The van der Waals surface area contributed by atoms with Crippen molar-refractivity contribution in [3.63, 3.8) is 0 Å². The molecule has 0 fully saturated rings. The third-order valence-corrected chi connectivity index (χ3v) is 3.53. The zero-order valence-electron chi connectivity index (χ0n) is 13.0. The molecule has 0 saturated carbocycles. The normalized spacial score (nSPS) is 11.8. The van der Waals surface area contributed by atoms with Gasteiger partial charge in [-0.3, -0.25) is 9.59 Å². The van der Waals surface area contributed by atoms with Crippen LogP contribution in [0.25, 0.3) is 0 Å². The first-order valence-corrected chi connectivity index (χ1v) is 7.20. The first-order chi connectivity index (χ1) is 10.6. The minimum atomic E-state index is -0.390. The zero-order valence-corrected chi connectivity index (χ0v) is 13.0. The molecule has 0 bridgehead atoms. The maximum Gasteiger partial charge on any atom is 0.257 e. The van der Waals surface area contributed by atoms with Gasteiger partial charge in [0.15, 0.2) is 5.43 Å². The van der Waals surface area contributed by atoms with E-state index < -0.39 is 0 Å². The largest absolute Gasteiger partial charge is 0.496 e. The number of nitrogens with one attached hydrogen (secondary N) is 2. The van der Waals surface area contributed by atoms with E-state index in [0.717, 1.165) is 11.3 Å². The van der Waals surface area contributed by atoms with E-state index >= 15 is 0 Å². The van der Waals surface area contributed by atoms with Gasteiger partial charge in [-0.15, -0.1) is 0 Å². The van der Waals surface area contributed by atoms with Crippen molar-refractivity contribution in [3.8, 4) is 5.75 Å². The minimum absolute atomic E-state index is 0.110. The van der Waals surface area contributed by atoms with Crippen molar-refractivity contribution in [3.05, 3.63) is 63.6 Å². The van der Waals surface area contributed by atoms with Gasteiger partial charge in [-0.05, 0) is 19.4 Å². The highest BCUT2D eigenvalue weighted by Gasteiger charge is 2.19. The van der Waals surface area contributed by atoms with Crippen molar-refractivity contribution in [1.82, 2.24) is 10.3 Å². The van der Waals surface area contributed by atoms with Gasteiger partial charge in [0.2, 0.25) is 0 Å². The van der Waals surface area contributed by atoms with E-state index in [1.165, 1.54) is 12.3 Å². The van der Waals surface area contributed by atoms with Gasteiger partial charge in [0, 0.05) is 23.5 Å². The number of aromatic nitrogens is 1. The number of pyridine rings is 1. The summed E-state index contributed by atoms with van der Waals surface area (Å²) in [6, 6.07) is 8.73. The number of ether oxygens (including phenoxy) is 1. The highest BCUT2D eigenvalue weighted by atomic mass is 16.5. The van der Waals surface area contributed by atoms with Crippen LogP contribution in [0.4, 0.5) is 0 Å². The van der Waals surface area contributed by atoms with E-state index in [1.54, 1.807) is 14.0 Å². The van der Waals surface area contributed by atoms with Crippen LogP contribution >= 0.6 is 0 Å². The summed E-state index contributed by atoms with van der Waals surface area (Å²) in [7, 11) is 1.60. The molecule has 116 valence electrons. The quantitative estimate of drug-likeness (QED) is 0.891. The topological polar surface area (TPSA) is 71.2 Å². The Morgan fingerprint density at radius 2 is 2.09 bits per heavy atom. The third-order valence-electron chi connectivity index (χ3n) is 3.53. The standard InChI is InChI=1S/C17H20N2O3/c1-4-14(12-7-5-6-8-16(12)22-3)19-17(21)13-10-18-11(2)9-15(13)20/h5-10,14H,4H2,1-3H3,(H,18,20)(H,19,21)/t14-/m0/s1. The van der Waals surface area contributed by atoms with Crippen molar-refractivity contribution in [1.29, 1.82) is 0 Å². The molecule has 0 spiro atoms. The lowest BCUT2D eigenvalue weighted by molar-refractivity contribution is 0.0933. The van der Waals surface area contributed by atoms with Crippen LogP contribution in [-0.4, -0.2) is 18.0 Å². The smallest absolute Gasteiger partial charge is 0.257 e. The van der Waals surface area contributed by atoms with Crippen LogP contribution in [0.2, 0.25) is 0 Å². The molecule has 5 nitrogen and oxygen atoms in total. The minimum Gasteiger partial charge on any atom is -0.496 e. The molecule has 0 unspecified atom stereocenters. The van der Waals surface area contributed by atoms with E-state index in [2.05, 4.69) is 10.3 Å². The molecule has 1 heterocycles. The fourth-order valence-corrected chi connectivity index (χ4v) is 2.34. The maximum atomic E-state index is 12.3. The Bertz CT molecular complexity index is 722. The molecule has 1 aromatic heterocycles. The lowest BCUT2D eigenvalue weighted by Crippen LogP contribution is -2.32. The average molecular weight is 300 g/mol. The number of benzene rings is 1. The highest BCUT2D eigenvalue weighted by Crippen LogP contribution is 2.26. The predicted octanol–water partition coefficient (Wildman–Crippen LogP) is 2.57. The number of aryl methyl sites for hydroxylation is 1. The number of methoxy groups -OCH3 is 1. The average Bonchev–Trinajstić information content (AvgIpc) is 2.52. The van der Waals surface area contributed by atoms with E-state index in [4.69, 9.17) is 4.74 Å². The predicted molar refractivity (Wildman–Crippen MR) is 85.3 cm³/mol. The fraction of sp³-hybridized carbons (Fsp3) is 0.294. The molecule has 0 radical (unpaired) electrons. The van der Waals surface area contributed by atoms with Gasteiger partial charge in [0.25, 0.3) is 5.91 Å². The van der Waals surface area contributed by atoms with Crippen LogP contribution < -0.4 is 15.5 Å². The number of H-pyrrole nitrogens is 1. The summed E-state index contributed by atoms with van der Waals surface area (Å²) >= 11 is 0. The molecule has 2 rings (SSSR count). The fourth-order valence-electron chi connectivity index (χ4n) is 2.34. The molecule has 2 N–H and O–H groups in total. The molecule has 1 amide bonds. The van der Waals surface area contributed by atoms with Crippen LogP contribution in [0.5, 0.6) is 5.75 Å². The van der Waals surface area contributed by atoms with Crippen molar-refractivity contribution in [2.45, 2.75) is 26.3 Å². The number of carbonyl (C=O) groups excluding carboxylic acids is 1. The molecule has 0 aliphatic heterocycles. The van der Waals surface area contributed by atoms with Gasteiger partial charge in [-0.2, -0.15) is 0 Å². The van der Waals surface area contributed by atoms with E-state index in [-0.39, 0.29) is 22.9 Å². The highest BCUT2D eigenvalue weighted by molar-refractivity contribution is 5.94. The number of aromatic amines is 1. The van der Waals surface area contributed by atoms with Gasteiger partial charge in [-0.25, -0.2) is 0 Å². The van der Waals surface area contributed by atoms with Crippen molar-refractivity contribution in [2.75, 3.05) is 7.11 Å². The Balaban J connectivity index is 2.26. The summed E-state index contributed by atoms with van der Waals surface area (Å²) in [6.07, 6.45) is 2.14. The van der Waals surface area contributed by atoms with Gasteiger partial charge >= 0.3 is 0 Å². The Morgan fingerprint density at radius 1 is 1.36 bits per heavy atom. The monoisotopic (exact) mass is 300 g/mol.